The molecule has 2 atom stereocenters. The van der Waals surface area contributed by atoms with E-state index in [2.05, 4.69) is 38.1 Å². The fraction of sp³-hybridized carbons (Fsp3) is 0.739. The molecule has 1 saturated heterocycles. The molecule has 0 aromatic heterocycles. The minimum Gasteiger partial charge on any atom is -0.362 e. The fourth-order valence-corrected chi connectivity index (χ4v) is 4.96. The van der Waals surface area contributed by atoms with Crippen molar-refractivity contribution in [1.29, 1.82) is 0 Å². The molecule has 0 spiro atoms. The highest BCUT2D eigenvalue weighted by Crippen LogP contribution is 2.42. The summed E-state index contributed by atoms with van der Waals surface area (Å²) >= 11 is 0. The molecular weight excluding hydrogens is 308 g/mol. The Morgan fingerprint density at radius 3 is 2.24 bits per heavy atom. The van der Waals surface area contributed by atoms with E-state index in [0.29, 0.717) is 5.92 Å². The zero-order valence-electron chi connectivity index (χ0n) is 16.2. The molecule has 3 rings (SSSR count). The third-order valence-corrected chi connectivity index (χ3v) is 6.59. The number of benzene rings is 1. The van der Waals surface area contributed by atoms with Gasteiger partial charge in [0.2, 0.25) is 0 Å². The molecular formula is C23H36O2. The SMILES string of the molecule is CCCc1ccc(C2(O)CCC(C3CCC(CCC)CC3)CO2)cc1. The molecule has 2 unspecified atom stereocenters. The predicted molar refractivity (Wildman–Crippen MR) is 103 cm³/mol. The van der Waals surface area contributed by atoms with Gasteiger partial charge in [0.15, 0.2) is 5.79 Å². The van der Waals surface area contributed by atoms with Crippen LogP contribution in [0.15, 0.2) is 24.3 Å². The van der Waals surface area contributed by atoms with Gasteiger partial charge in [-0.05, 0) is 49.0 Å². The van der Waals surface area contributed by atoms with E-state index in [0.717, 1.165) is 49.7 Å². The molecule has 1 saturated carbocycles. The standard InChI is InChI=1S/C23H36O2/c1-3-5-18-7-11-20(12-8-18)21-15-16-23(24,25-17-21)22-13-9-19(6-4-2)10-14-22/h9-10,13-14,18,20-21,24H,3-8,11-12,15-17H2,1-2H3. The van der Waals surface area contributed by atoms with Gasteiger partial charge in [-0.2, -0.15) is 0 Å². The molecule has 1 N–H and O–H groups in total. The van der Waals surface area contributed by atoms with Crippen molar-refractivity contribution >= 4 is 0 Å². The number of rotatable bonds is 6. The first kappa shape index (κ1) is 18.9. The molecule has 2 nitrogen and oxygen atoms in total. The highest BCUT2D eigenvalue weighted by molar-refractivity contribution is 5.26. The largest absolute Gasteiger partial charge is 0.362 e. The van der Waals surface area contributed by atoms with E-state index in [-0.39, 0.29) is 0 Å². The van der Waals surface area contributed by atoms with Gasteiger partial charge in [-0.15, -0.1) is 0 Å². The molecule has 2 aliphatic rings. The van der Waals surface area contributed by atoms with Crippen molar-refractivity contribution in [1.82, 2.24) is 0 Å². The van der Waals surface area contributed by atoms with Gasteiger partial charge in [-0.3, -0.25) is 0 Å². The van der Waals surface area contributed by atoms with Crippen LogP contribution in [-0.4, -0.2) is 11.7 Å². The first-order valence-electron chi connectivity index (χ1n) is 10.6. The fourth-order valence-electron chi connectivity index (χ4n) is 4.96. The van der Waals surface area contributed by atoms with Crippen molar-refractivity contribution in [3.05, 3.63) is 35.4 Å². The highest BCUT2D eigenvalue weighted by Gasteiger charge is 2.39. The second kappa shape index (κ2) is 8.68. The van der Waals surface area contributed by atoms with Crippen molar-refractivity contribution in [3.8, 4) is 0 Å². The van der Waals surface area contributed by atoms with Crippen LogP contribution in [0.25, 0.3) is 0 Å². The van der Waals surface area contributed by atoms with Crippen LogP contribution in [0.4, 0.5) is 0 Å². The van der Waals surface area contributed by atoms with Crippen LogP contribution in [0.2, 0.25) is 0 Å². The van der Waals surface area contributed by atoms with Gasteiger partial charge < -0.3 is 9.84 Å². The summed E-state index contributed by atoms with van der Waals surface area (Å²) in [6.45, 7) is 5.22. The molecule has 1 aliphatic heterocycles. The molecule has 1 aromatic rings. The van der Waals surface area contributed by atoms with E-state index in [1.54, 1.807) is 0 Å². The van der Waals surface area contributed by atoms with E-state index in [1.165, 1.54) is 44.1 Å². The summed E-state index contributed by atoms with van der Waals surface area (Å²) in [6.07, 6.45) is 12.3. The Morgan fingerprint density at radius 2 is 1.68 bits per heavy atom. The molecule has 0 radical (unpaired) electrons. The van der Waals surface area contributed by atoms with Crippen molar-refractivity contribution in [2.45, 2.75) is 83.8 Å². The average Bonchev–Trinajstić information content (AvgIpc) is 2.64. The number of ether oxygens (including phenoxy) is 1. The summed E-state index contributed by atoms with van der Waals surface area (Å²) in [5.74, 6) is 1.34. The maximum absolute atomic E-state index is 11.0. The van der Waals surface area contributed by atoms with Crippen LogP contribution >= 0.6 is 0 Å². The molecule has 0 amide bonds. The van der Waals surface area contributed by atoms with E-state index < -0.39 is 5.79 Å². The zero-order valence-corrected chi connectivity index (χ0v) is 16.2. The third kappa shape index (κ3) is 4.65. The van der Waals surface area contributed by atoms with Crippen LogP contribution in [0.1, 0.15) is 82.8 Å². The van der Waals surface area contributed by atoms with E-state index in [9.17, 15) is 5.11 Å². The van der Waals surface area contributed by atoms with Crippen LogP contribution in [0.5, 0.6) is 0 Å². The minimum absolute atomic E-state index is 0.641. The molecule has 0 bridgehead atoms. The Labute approximate surface area is 154 Å². The summed E-state index contributed by atoms with van der Waals surface area (Å²) in [7, 11) is 0. The quantitative estimate of drug-likeness (QED) is 0.705. The normalized spacial score (nSPS) is 33.3. The van der Waals surface area contributed by atoms with Gasteiger partial charge >= 0.3 is 0 Å². The van der Waals surface area contributed by atoms with Gasteiger partial charge in [-0.25, -0.2) is 0 Å². The number of hydrogen-bond donors (Lipinski definition) is 1. The summed E-state index contributed by atoms with van der Waals surface area (Å²) < 4.78 is 6.05. The molecule has 1 heterocycles. The van der Waals surface area contributed by atoms with Crippen LogP contribution < -0.4 is 0 Å². The predicted octanol–water partition coefficient (Wildman–Crippen LogP) is 5.82. The first-order valence-corrected chi connectivity index (χ1v) is 10.6. The topological polar surface area (TPSA) is 29.5 Å². The van der Waals surface area contributed by atoms with Gasteiger partial charge in [0.1, 0.15) is 0 Å². The van der Waals surface area contributed by atoms with Gasteiger partial charge in [0, 0.05) is 12.0 Å². The van der Waals surface area contributed by atoms with Gasteiger partial charge in [0.05, 0.1) is 6.61 Å². The Morgan fingerprint density at radius 1 is 0.960 bits per heavy atom. The number of hydrogen-bond acceptors (Lipinski definition) is 2. The molecule has 1 aliphatic carbocycles. The Bertz CT molecular complexity index is 505. The first-order chi connectivity index (χ1) is 12.1. The van der Waals surface area contributed by atoms with Crippen molar-refractivity contribution in [3.63, 3.8) is 0 Å². The van der Waals surface area contributed by atoms with Crippen molar-refractivity contribution in [2.75, 3.05) is 6.61 Å². The second-order valence-corrected chi connectivity index (χ2v) is 8.41. The highest BCUT2D eigenvalue weighted by atomic mass is 16.6. The molecule has 2 fully saturated rings. The molecule has 2 heteroatoms. The lowest BCUT2D eigenvalue weighted by molar-refractivity contribution is -0.250. The maximum Gasteiger partial charge on any atom is 0.192 e. The van der Waals surface area contributed by atoms with Gasteiger partial charge in [0.25, 0.3) is 0 Å². The third-order valence-electron chi connectivity index (χ3n) is 6.59. The molecule has 140 valence electrons. The molecule has 25 heavy (non-hydrogen) atoms. The number of aryl methyl sites for hydroxylation is 1. The monoisotopic (exact) mass is 344 g/mol. The Kier molecular flexibility index (Phi) is 6.57. The Hall–Kier alpha value is -0.860. The van der Waals surface area contributed by atoms with Crippen molar-refractivity contribution in [2.24, 2.45) is 17.8 Å². The van der Waals surface area contributed by atoms with Crippen LogP contribution in [0.3, 0.4) is 0 Å². The van der Waals surface area contributed by atoms with Gasteiger partial charge in [-0.1, -0.05) is 70.2 Å². The summed E-state index contributed by atoms with van der Waals surface area (Å²) in [5, 5.41) is 11.0. The number of aliphatic hydroxyl groups is 1. The average molecular weight is 345 g/mol. The minimum atomic E-state index is -1.07. The lowest BCUT2D eigenvalue weighted by Crippen LogP contribution is -2.39. The maximum atomic E-state index is 11.0. The smallest absolute Gasteiger partial charge is 0.192 e. The lowest BCUT2D eigenvalue weighted by atomic mass is 9.72. The van der Waals surface area contributed by atoms with E-state index in [4.69, 9.17) is 4.74 Å². The van der Waals surface area contributed by atoms with Crippen molar-refractivity contribution < 1.29 is 9.84 Å². The lowest BCUT2D eigenvalue weighted by Gasteiger charge is -2.41. The Balaban J connectivity index is 1.52. The second-order valence-electron chi connectivity index (χ2n) is 8.41. The summed E-state index contributed by atoms with van der Waals surface area (Å²) in [6, 6.07) is 8.39. The summed E-state index contributed by atoms with van der Waals surface area (Å²) in [5.41, 5.74) is 2.27. The summed E-state index contributed by atoms with van der Waals surface area (Å²) in [4.78, 5) is 0. The van der Waals surface area contributed by atoms with E-state index in [1.807, 2.05) is 0 Å². The van der Waals surface area contributed by atoms with Crippen LogP contribution in [-0.2, 0) is 16.9 Å². The molecule has 1 aromatic carbocycles. The zero-order chi connectivity index (χ0) is 17.7. The van der Waals surface area contributed by atoms with Crippen LogP contribution in [0, 0.1) is 17.8 Å². The van der Waals surface area contributed by atoms with E-state index >= 15 is 0 Å².